The lowest BCUT2D eigenvalue weighted by Gasteiger charge is -2.17. The van der Waals surface area contributed by atoms with Crippen molar-refractivity contribution in [3.05, 3.63) is 70.2 Å². The number of benzene rings is 2. The highest BCUT2D eigenvalue weighted by Gasteiger charge is 2.20. The van der Waals surface area contributed by atoms with Crippen LogP contribution in [-0.4, -0.2) is 41.7 Å². The Balaban J connectivity index is 1.73. The van der Waals surface area contributed by atoms with E-state index < -0.39 is 30.1 Å². The Hall–Kier alpha value is -2.91. The maximum Gasteiger partial charge on any atom is 0.407 e. The summed E-state index contributed by atoms with van der Waals surface area (Å²) < 4.78 is 5.92. The van der Waals surface area contributed by atoms with E-state index in [9.17, 15) is 19.5 Å². The molecule has 0 radical (unpaired) electrons. The minimum absolute atomic E-state index is 0.0968. The van der Waals surface area contributed by atoms with Crippen LogP contribution in [0, 0.1) is 0 Å². The van der Waals surface area contributed by atoms with E-state index in [1.807, 2.05) is 54.6 Å². The number of nitrogens with one attached hydrogen (secondary N) is 2. The topological polar surface area (TPSA) is 131 Å². The fraction of sp³-hybridized carbons (Fsp3) is 0.286. The van der Waals surface area contributed by atoms with Crippen LogP contribution in [0.25, 0.3) is 0 Å². The van der Waals surface area contributed by atoms with Gasteiger partial charge in [0.1, 0.15) is 12.6 Å². The van der Waals surface area contributed by atoms with Gasteiger partial charge in [-0.25, -0.2) is 4.79 Å². The van der Waals surface area contributed by atoms with E-state index >= 15 is 0 Å². The van der Waals surface area contributed by atoms with Gasteiger partial charge in [-0.2, -0.15) is 0 Å². The molecule has 0 heterocycles. The summed E-state index contributed by atoms with van der Waals surface area (Å²) in [4.78, 5) is 35.5. The molecule has 2 aromatic carbocycles. The van der Waals surface area contributed by atoms with Crippen LogP contribution in [-0.2, 0) is 27.4 Å². The van der Waals surface area contributed by atoms with E-state index in [0.717, 1.165) is 15.6 Å². The molecular formula is C21H24BrN3O5. The van der Waals surface area contributed by atoms with Crippen LogP contribution < -0.4 is 16.4 Å². The molecular weight excluding hydrogens is 454 g/mol. The molecule has 2 atom stereocenters. The zero-order chi connectivity index (χ0) is 21.9. The third-order valence-electron chi connectivity index (χ3n) is 4.15. The summed E-state index contributed by atoms with van der Waals surface area (Å²) >= 11 is 3.33. The highest BCUT2D eigenvalue weighted by Crippen LogP contribution is 2.12. The summed E-state index contributed by atoms with van der Waals surface area (Å²) in [6.07, 6.45) is -1.92. The Morgan fingerprint density at radius 1 is 1.03 bits per heavy atom. The van der Waals surface area contributed by atoms with Gasteiger partial charge in [-0.3, -0.25) is 9.59 Å². The molecule has 3 amide bonds. The Morgan fingerprint density at radius 2 is 1.70 bits per heavy atom. The van der Waals surface area contributed by atoms with Gasteiger partial charge in [-0.15, -0.1) is 0 Å². The molecule has 30 heavy (non-hydrogen) atoms. The lowest BCUT2D eigenvalue weighted by molar-refractivity contribution is -0.128. The molecule has 9 heteroatoms. The van der Waals surface area contributed by atoms with Crippen molar-refractivity contribution in [3.8, 4) is 0 Å². The highest BCUT2D eigenvalue weighted by molar-refractivity contribution is 9.10. The molecule has 8 nitrogen and oxygen atoms in total. The lowest BCUT2D eigenvalue weighted by atomic mass is 10.1. The molecule has 0 spiro atoms. The average molecular weight is 478 g/mol. The van der Waals surface area contributed by atoms with Crippen LogP contribution in [0.2, 0.25) is 0 Å². The van der Waals surface area contributed by atoms with E-state index in [1.54, 1.807) is 0 Å². The lowest BCUT2D eigenvalue weighted by Crippen LogP contribution is -2.47. The first-order valence-corrected chi connectivity index (χ1v) is 10.1. The van der Waals surface area contributed by atoms with Crippen LogP contribution in [0.4, 0.5) is 4.79 Å². The van der Waals surface area contributed by atoms with E-state index in [0.29, 0.717) is 0 Å². The second-order valence-electron chi connectivity index (χ2n) is 6.65. The number of halogens is 1. The van der Waals surface area contributed by atoms with E-state index in [4.69, 9.17) is 10.5 Å². The molecule has 0 saturated carbocycles. The molecule has 0 aliphatic heterocycles. The summed E-state index contributed by atoms with van der Waals surface area (Å²) in [7, 11) is 0. The number of carbonyl (C=O) groups is 3. The highest BCUT2D eigenvalue weighted by atomic mass is 79.9. The Kier molecular flexibility index (Phi) is 9.30. The number of primary amides is 1. The number of carbonyl (C=O) groups excluding carboxylic acids is 3. The zero-order valence-corrected chi connectivity index (χ0v) is 17.8. The predicted molar refractivity (Wildman–Crippen MR) is 114 cm³/mol. The summed E-state index contributed by atoms with van der Waals surface area (Å²) in [6, 6.07) is 15.5. The Morgan fingerprint density at radius 3 is 2.33 bits per heavy atom. The van der Waals surface area contributed by atoms with Crippen LogP contribution in [0.15, 0.2) is 59.1 Å². The molecule has 0 fully saturated rings. The summed E-state index contributed by atoms with van der Waals surface area (Å²) in [6.45, 7) is -0.0748. The van der Waals surface area contributed by atoms with Gasteiger partial charge in [-0.05, 0) is 23.3 Å². The third-order valence-corrected chi connectivity index (χ3v) is 4.68. The largest absolute Gasteiger partial charge is 0.445 e. The number of nitrogens with two attached hydrogens (primary N) is 1. The van der Waals surface area contributed by atoms with Gasteiger partial charge in [0.2, 0.25) is 11.8 Å². The molecule has 5 N–H and O–H groups in total. The second-order valence-corrected chi connectivity index (χ2v) is 7.57. The molecule has 0 aliphatic rings. The number of aliphatic hydroxyl groups excluding tert-OH is 1. The molecule has 2 rings (SSSR count). The summed E-state index contributed by atoms with van der Waals surface area (Å²) in [5.41, 5.74) is 7.03. The monoisotopic (exact) mass is 477 g/mol. The van der Waals surface area contributed by atoms with Crippen molar-refractivity contribution >= 4 is 33.8 Å². The van der Waals surface area contributed by atoms with E-state index in [1.165, 1.54) is 0 Å². The van der Waals surface area contributed by atoms with Crippen LogP contribution in [0.5, 0.6) is 0 Å². The van der Waals surface area contributed by atoms with Gasteiger partial charge in [0.15, 0.2) is 0 Å². The Bertz CT molecular complexity index is 845. The minimum atomic E-state index is -1.14. The fourth-order valence-corrected chi connectivity index (χ4v) is 2.86. The fourth-order valence-electron chi connectivity index (χ4n) is 2.59. The number of ether oxygens (including phenoxy) is 1. The van der Waals surface area contributed by atoms with Gasteiger partial charge < -0.3 is 26.2 Å². The zero-order valence-electron chi connectivity index (χ0n) is 16.2. The number of alkyl carbamates (subject to hydrolysis) is 1. The SMILES string of the molecule is NC(=O)[C@@H](Cc1ccc(Br)cc1)NC(=O)C[C@H](O)CNC(=O)OCc1ccccc1. The first-order chi connectivity index (χ1) is 14.3. The van der Waals surface area contributed by atoms with Crippen molar-refractivity contribution in [2.24, 2.45) is 5.73 Å². The van der Waals surface area contributed by atoms with Crippen molar-refractivity contribution in [2.45, 2.75) is 31.6 Å². The standard InChI is InChI=1S/C21H24BrN3O5/c22-16-8-6-14(7-9-16)10-18(20(23)28)25-19(27)11-17(26)12-24-21(29)30-13-15-4-2-1-3-5-15/h1-9,17-18,26H,10-13H2,(H2,23,28)(H,24,29)(H,25,27)/t17-,18+/m0/s1. The summed E-state index contributed by atoms with van der Waals surface area (Å²) in [5.74, 6) is -1.23. The van der Waals surface area contributed by atoms with Crippen molar-refractivity contribution < 1.29 is 24.2 Å². The number of rotatable bonds is 10. The van der Waals surface area contributed by atoms with Crippen molar-refractivity contribution in [2.75, 3.05) is 6.54 Å². The van der Waals surface area contributed by atoms with Gasteiger partial charge in [0, 0.05) is 17.4 Å². The quantitative estimate of drug-likeness (QED) is 0.413. The summed E-state index contributed by atoms with van der Waals surface area (Å²) in [5, 5.41) is 14.9. The molecule has 160 valence electrons. The average Bonchev–Trinajstić information content (AvgIpc) is 2.72. The molecule has 0 aliphatic carbocycles. The van der Waals surface area contributed by atoms with Gasteiger partial charge in [-0.1, -0.05) is 58.4 Å². The van der Waals surface area contributed by atoms with Crippen LogP contribution in [0.1, 0.15) is 17.5 Å². The molecule has 2 aromatic rings. The van der Waals surface area contributed by atoms with E-state index in [2.05, 4.69) is 26.6 Å². The third kappa shape index (κ3) is 8.62. The van der Waals surface area contributed by atoms with Gasteiger partial charge >= 0.3 is 6.09 Å². The smallest absolute Gasteiger partial charge is 0.407 e. The molecule has 0 bridgehead atoms. The molecule has 0 saturated heterocycles. The molecule has 0 unspecified atom stereocenters. The minimum Gasteiger partial charge on any atom is -0.445 e. The predicted octanol–water partition coefficient (Wildman–Crippen LogP) is 1.64. The number of amides is 3. The van der Waals surface area contributed by atoms with E-state index in [-0.39, 0.29) is 26.0 Å². The normalized spacial score (nSPS) is 12.5. The van der Waals surface area contributed by atoms with Crippen LogP contribution >= 0.6 is 15.9 Å². The number of hydrogen-bond acceptors (Lipinski definition) is 5. The number of hydrogen-bond donors (Lipinski definition) is 4. The molecule has 0 aromatic heterocycles. The first kappa shape index (κ1) is 23.4. The van der Waals surface area contributed by atoms with Crippen molar-refractivity contribution in [3.63, 3.8) is 0 Å². The van der Waals surface area contributed by atoms with Crippen LogP contribution in [0.3, 0.4) is 0 Å². The first-order valence-electron chi connectivity index (χ1n) is 9.29. The van der Waals surface area contributed by atoms with Crippen molar-refractivity contribution in [1.82, 2.24) is 10.6 Å². The maximum atomic E-state index is 12.1. The second kappa shape index (κ2) is 11.9. The van der Waals surface area contributed by atoms with Gasteiger partial charge in [0.05, 0.1) is 12.5 Å². The van der Waals surface area contributed by atoms with Gasteiger partial charge in [0.25, 0.3) is 0 Å². The number of aliphatic hydroxyl groups is 1. The Labute approximate surface area is 182 Å². The van der Waals surface area contributed by atoms with Crippen molar-refractivity contribution in [1.29, 1.82) is 0 Å². The maximum absolute atomic E-state index is 12.1.